The van der Waals surface area contributed by atoms with Crippen molar-refractivity contribution in [2.24, 2.45) is 5.92 Å². The number of hydrogen-bond donors (Lipinski definition) is 1. The Hall–Kier alpha value is -0.390. The lowest BCUT2D eigenvalue weighted by Gasteiger charge is -2.28. The quantitative estimate of drug-likeness (QED) is 0.745. The van der Waals surface area contributed by atoms with Crippen LogP contribution in [0, 0.1) is 5.92 Å². The van der Waals surface area contributed by atoms with Gasteiger partial charge in [-0.2, -0.15) is 5.10 Å². The second-order valence-electron chi connectivity index (χ2n) is 5.57. The van der Waals surface area contributed by atoms with Crippen LogP contribution >= 0.6 is 15.9 Å². The van der Waals surface area contributed by atoms with Crippen molar-refractivity contribution in [2.45, 2.75) is 58.2 Å². The lowest BCUT2D eigenvalue weighted by Crippen LogP contribution is -2.37. The number of nitrogens with one attached hydrogen (secondary N) is 1. The van der Waals surface area contributed by atoms with Crippen molar-refractivity contribution in [3.05, 3.63) is 16.4 Å². The molecule has 0 bridgehead atoms. The summed E-state index contributed by atoms with van der Waals surface area (Å²) in [4.78, 5) is 0. The van der Waals surface area contributed by atoms with Gasteiger partial charge in [-0.3, -0.25) is 4.68 Å². The van der Waals surface area contributed by atoms with Crippen molar-refractivity contribution in [1.82, 2.24) is 15.1 Å². The van der Waals surface area contributed by atoms with E-state index >= 15 is 0 Å². The van der Waals surface area contributed by atoms with Crippen LogP contribution in [0.15, 0.2) is 10.7 Å². The van der Waals surface area contributed by atoms with Crippen molar-refractivity contribution in [2.75, 3.05) is 13.7 Å². The number of rotatable bonds is 9. The molecule has 2 rings (SSSR count). The molecule has 1 aromatic rings. The summed E-state index contributed by atoms with van der Waals surface area (Å²) in [5, 5.41) is 8.17. The maximum absolute atomic E-state index is 5.82. The third-order valence-corrected chi connectivity index (χ3v) is 4.48. The predicted molar refractivity (Wildman–Crippen MR) is 84.8 cm³/mol. The minimum atomic E-state index is 0.218. The van der Waals surface area contributed by atoms with E-state index in [9.17, 15) is 0 Å². The van der Waals surface area contributed by atoms with Crippen LogP contribution in [0.5, 0.6) is 0 Å². The number of methoxy groups -OCH3 is 1. The van der Waals surface area contributed by atoms with E-state index < -0.39 is 0 Å². The molecule has 0 radical (unpaired) electrons. The third-order valence-electron chi connectivity index (χ3n) is 3.86. The predicted octanol–water partition coefficient (Wildman–Crippen LogP) is 3.52. The van der Waals surface area contributed by atoms with Crippen molar-refractivity contribution in [1.29, 1.82) is 0 Å². The molecule has 1 aliphatic rings. The van der Waals surface area contributed by atoms with E-state index in [2.05, 4.69) is 44.9 Å². The molecule has 5 heteroatoms. The summed E-state index contributed by atoms with van der Waals surface area (Å²) in [5.74, 6) is 0.686. The zero-order valence-electron chi connectivity index (χ0n) is 12.7. The molecule has 0 aromatic carbocycles. The Morgan fingerprint density at radius 1 is 1.45 bits per heavy atom. The fourth-order valence-electron chi connectivity index (χ4n) is 2.76. The van der Waals surface area contributed by atoms with Crippen molar-refractivity contribution >= 4 is 15.9 Å². The van der Waals surface area contributed by atoms with E-state index in [0.29, 0.717) is 5.92 Å². The first-order valence-corrected chi connectivity index (χ1v) is 8.49. The molecule has 4 nitrogen and oxygen atoms in total. The zero-order chi connectivity index (χ0) is 14.5. The standard InChI is InChI=1S/C15H26BrN3O/c1-4-8-17-13(15(20-3)11-6-7-11)14-12(16)10-18-19(14)9-5-2/h10-11,13,15,17H,4-9H2,1-3H3. The number of aryl methyl sites for hydroxylation is 1. The van der Waals surface area contributed by atoms with Gasteiger partial charge in [0.1, 0.15) is 0 Å². The number of hydrogen-bond acceptors (Lipinski definition) is 3. The lowest BCUT2D eigenvalue weighted by molar-refractivity contribution is 0.0477. The number of aromatic nitrogens is 2. The molecule has 114 valence electrons. The minimum Gasteiger partial charge on any atom is -0.379 e. The molecule has 20 heavy (non-hydrogen) atoms. The van der Waals surface area contributed by atoms with Crippen LogP contribution in [-0.2, 0) is 11.3 Å². The lowest BCUT2D eigenvalue weighted by atomic mass is 10.0. The first kappa shape index (κ1) is 16.0. The van der Waals surface area contributed by atoms with Crippen LogP contribution in [0.25, 0.3) is 0 Å². The maximum atomic E-state index is 5.82. The highest BCUT2D eigenvalue weighted by atomic mass is 79.9. The van der Waals surface area contributed by atoms with Gasteiger partial charge >= 0.3 is 0 Å². The molecule has 0 saturated heterocycles. The summed E-state index contributed by atoms with van der Waals surface area (Å²) in [6.45, 7) is 6.33. The molecule has 0 amide bonds. The van der Waals surface area contributed by atoms with Crippen LogP contribution in [0.2, 0.25) is 0 Å². The van der Waals surface area contributed by atoms with E-state index in [0.717, 1.165) is 30.4 Å². The Bertz CT molecular complexity index is 417. The van der Waals surface area contributed by atoms with Crippen LogP contribution < -0.4 is 5.32 Å². The molecule has 2 atom stereocenters. The van der Waals surface area contributed by atoms with Gasteiger partial charge in [0.05, 0.1) is 28.5 Å². The van der Waals surface area contributed by atoms with Crippen LogP contribution in [0.1, 0.15) is 51.3 Å². The zero-order valence-corrected chi connectivity index (χ0v) is 14.3. The summed E-state index contributed by atoms with van der Waals surface area (Å²) in [6, 6.07) is 0.218. The fourth-order valence-corrected chi connectivity index (χ4v) is 3.31. The Labute approximate surface area is 130 Å². The molecule has 1 N–H and O–H groups in total. The second kappa shape index (κ2) is 7.57. The van der Waals surface area contributed by atoms with E-state index in [1.54, 1.807) is 0 Å². The van der Waals surface area contributed by atoms with E-state index in [-0.39, 0.29) is 12.1 Å². The molecule has 1 saturated carbocycles. The van der Waals surface area contributed by atoms with Gasteiger partial charge in [0.15, 0.2) is 0 Å². The van der Waals surface area contributed by atoms with E-state index in [4.69, 9.17) is 4.74 Å². The highest BCUT2D eigenvalue weighted by Gasteiger charge is 2.39. The van der Waals surface area contributed by atoms with Crippen molar-refractivity contribution in [3.63, 3.8) is 0 Å². The Balaban J connectivity index is 2.26. The van der Waals surface area contributed by atoms with Gasteiger partial charge in [0, 0.05) is 13.7 Å². The second-order valence-corrected chi connectivity index (χ2v) is 6.42. The summed E-state index contributed by atoms with van der Waals surface area (Å²) >= 11 is 3.67. The van der Waals surface area contributed by atoms with Gasteiger partial charge < -0.3 is 10.1 Å². The monoisotopic (exact) mass is 343 g/mol. The van der Waals surface area contributed by atoms with Gasteiger partial charge in [0.2, 0.25) is 0 Å². The largest absolute Gasteiger partial charge is 0.379 e. The van der Waals surface area contributed by atoms with E-state index in [1.807, 2.05) is 13.3 Å². The highest BCUT2D eigenvalue weighted by molar-refractivity contribution is 9.10. The normalized spacial score (nSPS) is 18.2. The molecule has 0 spiro atoms. The Morgan fingerprint density at radius 2 is 2.20 bits per heavy atom. The molecule has 1 aromatic heterocycles. The molecular formula is C15H26BrN3O. The van der Waals surface area contributed by atoms with Gasteiger partial charge in [-0.25, -0.2) is 0 Å². The van der Waals surface area contributed by atoms with Gasteiger partial charge in [-0.1, -0.05) is 13.8 Å². The molecule has 0 aliphatic heterocycles. The van der Waals surface area contributed by atoms with Gasteiger partial charge in [-0.15, -0.1) is 0 Å². The first-order valence-electron chi connectivity index (χ1n) is 7.70. The molecule has 2 unspecified atom stereocenters. The third kappa shape index (κ3) is 3.62. The molecule has 1 aliphatic carbocycles. The number of ether oxygens (including phenoxy) is 1. The Kier molecular flexibility index (Phi) is 6.05. The topological polar surface area (TPSA) is 39.1 Å². The Morgan fingerprint density at radius 3 is 2.75 bits per heavy atom. The number of halogens is 1. The molecule has 1 fully saturated rings. The highest BCUT2D eigenvalue weighted by Crippen LogP contribution is 2.41. The average Bonchev–Trinajstić information content (AvgIpc) is 3.21. The van der Waals surface area contributed by atoms with Crippen LogP contribution in [-0.4, -0.2) is 29.5 Å². The van der Waals surface area contributed by atoms with Crippen LogP contribution in [0.4, 0.5) is 0 Å². The SMILES string of the molecule is CCCNC(c1c(Br)cnn1CCC)C(OC)C1CC1. The minimum absolute atomic E-state index is 0.218. The summed E-state index contributed by atoms with van der Waals surface area (Å²) in [7, 11) is 1.83. The molecule has 1 heterocycles. The first-order chi connectivity index (χ1) is 9.72. The summed E-state index contributed by atoms with van der Waals surface area (Å²) < 4.78 is 9.02. The fraction of sp³-hybridized carbons (Fsp3) is 0.800. The average molecular weight is 344 g/mol. The van der Waals surface area contributed by atoms with Crippen LogP contribution in [0.3, 0.4) is 0 Å². The smallest absolute Gasteiger partial charge is 0.0809 e. The van der Waals surface area contributed by atoms with Crippen molar-refractivity contribution < 1.29 is 4.74 Å². The summed E-state index contributed by atoms with van der Waals surface area (Å²) in [6.07, 6.45) is 6.92. The summed E-state index contributed by atoms with van der Waals surface area (Å²) in [5.41, 5.74) is 1.24. The van der Waals surface area contributed by atoms with Crippen molar-refractivity contribution in [3.8, 4) is 0 Å². The van der Waals surface area contributed by atoms with Gasteiger partial charge in [-0.05, 0) is 54.1 Å². The van der Waals surface area contributed by atoms with E-state index in [1.165, 1.54) is 18.5 Å². The van der Waals surface area contributed by atoms with Gasteiger partial charge in [0.25, 0.3) is 0 Å². The maximum Gasteiger partial charge on any atom is 0.0809 e. The molecular weight excluding hydrogens is 318 g/mol. The number of nitrogens with zero attached hydrogens (tertiary/aromatic N) is 2.